The molecule has 27 heavy (non-hydrogen) atoms. The molecule has 1 atom stereocenters. The van der Waals surface area contributed by atoms with Crippen LogP contribution in [0.3, 0.4) is 0 Å². The number of methoxy groups -OCH3 is 1. The van der Waals surface area contributed by atoms with Gasteiger partial charge in [0.1, 0.15) is 10.6 Å². The van der Waals surface area contributed by atoms with Gasteiger partial charge in [0.2, 0.25) is 0 Å². The molecular weight excluding hydrogens is 384 g/mol. The van der Waals surface area contributed by atoms with Crippen molar-refractivity contribution in [3.8, 4) is 16.9 Å². The van der Waals surface area contributed by atoms with Crippen LogP contribution in [0, 0.1) is 0 Å². The van der Waals surface area contributed by atoms with E-state index in [1.54, 1.807) is 39.5 Å². The molecule has 0 fully saturated rings. The molecule has 0 saturated carbocycles. The van der Waals surface area contributed by atoms with E-state index >= 15 is 0 Å². The van der Waals surface area contributed by atoms with Crippen LogP contribution in [0.2, 0.25) is 5.54 Å². The molecule has 2 aromatic rings. The normalized spacial score (nSPS) is 13.0. The third kappa shape index (κ3) is 5.39. The van der Waals surface area contributed by atoms with Crippen LogP contribution in [0.5, 0.6) is 5.75 Å². The first-order chi connectivity index (χ1) is 12.8. The minimum atomic E-state index is -4.33. The van der Waals surface area contributed by atoms with Gasteiger partial charge in [-0.1, -0.05) is 37.3 Å². The predicted octanol–water partition coefficient (Wildman–Crippen LogP) is 3.44. The van der Waals surface area contributed by atoms with Crippen molar-refractivity contribution in [1.29, 1.82) is 0 Å². The van der Waals surface area contributed by atoms with E-state index in [0.717, 1.165) is 18.4 Å². The van der Waals surface area contributed by atoms with Crippen LogP contribution in [0.15, 0.2) is 47.4 Å². The van der Waals surface area contributed by atoms with Gasteiger partial charge in [-0.25, -0.2) is 0 Å². The first kappa shape index (κ1) is 21.6. The van der Waals surface area contributed by atoms with Gasteiger partial charge in [0.25, 0.3) is 10.1 Å². The second-order valence-electron chi connectivity index (χ2n) is 6.36. The summed E-state index contributed by atoms with van der Waals surface area (Å²) in [5, 5.41) is 0. The Kier molecular flexibility index (Phi) is 7.57. The van der Waals surface area contributed by atoms with Crippen molar-refractivity contribution in [2.75, 3.05) is 21.3 Å². The number of hydrogen-bond acceptors (Lipinski definition) is 5. The topological polar surface area (TPSA) is 82.1 Å². The summed E-state index contributed by atoms with van der Waals surface area (Å²) in [4.78, 5) is -0.140. The zero-order chi connectivity index (χ0) is 20.0. The lowest BCUT2D eigenvalue weighted by molar-refractivity contribution is 0.265. The van der Waals surface area contributed by atoms with E-state index in [0.29, 0.717) is 22.4 Å². The van der Waals surface area contributed by atoms with Gasteiger partial charge in [-0.2, -0.15) is 8.42 Å². The van der Waals surface area contributed by atoms with Gasteiger partial charge in [-0.3, -0.25) is 4.55 Å². The van der Waals surface area contributed by atoms with Crippen molar-refractivity contribution in [2.24, 2.45) is 0 Å². The number of rotatable bonds is 9. The molecule has 148 valence electrons. The van der Waals surface area contributed by atoms with Crippen LogP contribution in [-0.4, -0.2) is 43.6 Å². The van der Waals surface area contributed by atoms with Crippen molar-refractivity contribution < 1.29 is 26.6 Å². The zero-order valence-electron chi connectivity index (χ0n) is 16.0. The maximum atomic E-state index is 11.7. The Morgan fingerprint density at radius 1 is 1.04 bits per heavy atom. The highest BCUT2D eigenvalue weighted by atomic mass is 32.2. The summed E-state index contributed by atoms with van der Waals surface area (Å²) in [6.07, 6.45) is 1.75. The largest absolute Gasteiger partial charge is 0.496 e. The van der Waals surface area contributed by atoms with Crippen LogP contribution in [0.4, 0.5) is 0 Å². The molecule has 2 rings (SSSR count). The number of benzene rings is 2. The van der Waals surface area contributed by atoms with Crippen LogP contribution in [-0.2, 0) is 25.4 Å². The molecule has 6 nitrogen and oxygen atoms in total. The molecular formula is C19H26O6SSi. The highest BCUT2D eigenvalue weighted by Crippen LogP contribution is 2.35. The Balaban J connectivity index is 2.31. The first-order valence-electron chi connectivity index (χ1n) is 8.61. The van der Waals surface area contributed by atoms with Crippen LogP contribution < -0.4 is 4.74 Å². The Hall–Kier alpha value is -1.71. The molecule has 0 heterocycles. The Bertz CT molecular complexity index is 864. The molecule has 0 aliphatic rings. The second-order valence-corrected chi connectivity index (χ2v) is 10.6. The van der Waals surface area contributed by atoms with E-state index in [9.17, 15) is 13.0 Å². The number of ether oxygens (including phenoxy) is 1. The number of hydrogen-bond donors (Lipinski definition) is 1. The summed E-state index contributed by atoms with van der Waals surface area (Å²) >= 11 is 0. The average molecular weight is 411 g/mol. The van der Waals surface area contributed by atoms with E-state index in [1.807, 2.05) is 18.2 Å². The highest BCUT2D eigenvalue weighted by Gasteiger charge is 2.21. The molecule has 0 radical (unpaired) electrons. The van der Waals surface area contributed by atoms with E-state index in [1.165, 1.54) is 6.07 Å². The zero-order valence-corrected chi connectivity index (χ0v) is 18.0. The summed E-state index contributed by atoms with van der Waals surface area (Å²) in [6.45, 7) is 2.12. The minimum Gasteiger partial charge on any atom is -0.496 e. The van der Waals surface area contributed by atoms with E-state index < -0.39 is 19.4 Å². The molecule has 1 N–H and O–H groups in total. The van der Waals surface area contributed by atoms with E-state index in [2.05, 4.69) is 6.92 Å². The molecule has 0 aliphatic carbocycles. The lowest BCUT2D eigenvalue weighted by atomic mass is 10.00. The lowest BCUT2D eigenvalue weighted by Crippen LogP contribution is -2.24. The minimum absolute atomic E-state index is 0.140. The molecule has 0 spiro atoms. The fourth-order valence-electron chi connectivity index (χ4n) is 3.12. The van der Waals surface area contributed by atoms with Crippen LogP contribution in [0.25, 0.3) is 11.1 Å². The predicted molar refractivity (Wildman–Crippen MR) is 107 cm³/mol. The maximum Gasteiger partial charge on any atom is 0.323 e. The van der Waals surface area contributed by atoms with Crippen LogP contribution in [0.1, 0.15) is 18.9 Å². The summed E-state index contributed by atoms with van der Waals surface area (Å²) in [5.74, 6) is 0.559. The van der Waals surface area contributed by atoms with Crippen molar-refractivity contribution in [3.63, 3.8) is 0 Å². The van der Waals surface area contributed by atoms with E-state index in [-0.39, 0.29) is 4.90 Å². The summed E-state index contributed by atoms with van der Waals surface area (Å²) < 4.78 is 49.2. The third-order valence-corrected chi connectivity index (χ3v) is 7.64. The Labute approximate surface area is 162 Å². The van der Waals surface area contributed by atoms with Gasteiger partial charge in [-0.05, 0) is 36.1 Å². The standard InChI is InChI=1S/C19H26O6SSi/c1-14(27(24-3)25-4)9-10-15-11-12-16(18(13-15)23-2)17-7-5-6-8-19(17)26(20,21)22/h5-8,11-14,27H,9-10H2,1-4H3,(H,20,21,22). The van der Waals surface area contributed by atoms with Crippen molar-refractivity contribution in [3.05, 3.63) is 48.0 Å². The van der Waals surface area contributed by atoms with Gasteiger partial charge in [0, 0.05) is 25.3 Å². The third-order valence-electron chi connectivity index (χ3n) is 4.54. The van der Waals surface area contributed by atoms with E-state index in [4.69, 9.17) is 13.6 Å². The average Bonchev–Trinajstić information content (AvgIpc) is 2.66. The first-order valence-corrected chi connectivity index (χ1v) is 11.7. The molecule has 0 bridgehead atoms. The monoisotopic (exact) mass is 410 g/mol. The smallest absolute Gasteiger partial charge is 0.323 e. The molecule has 1 unspecified atom stereocenters. The fourth-order valence-corrected chi connectivity index (χ4v) is 5.39. The summed E-state index contributed by atoms with van der Waals surface area (Å²) in [7, 11) is -1.08. The molecule has 0 saturated heterocycles. The van der Waals surface area contributed by atoms with Gasteiger partial charge in [0.15, 0.2) is 0 Å². The van der Waals surface area contributed by atoms with Gasteiger partial charge in [-0.15, -0.1) is 0 Å². The molecule has 2 aromatic carbocycles. The number of aryl methyl sites for hydroxylation is 1. The maximum absolute atomic E-state index is 11.7. The van der Waals surface area contributed by atoms with Crippen LogP contribution >= 0.6 is 0 Å². The Morgan fingerprint density at radius 3 is 2.30 bits per heavy atom. The molecule has 8 heteroatoms. The van der Waals surface area contributed by atoms with Crippen molar-refractivity contribution in [1.82, 2.24) is 0 Å². The van der Waals surface area contributed by atoms with Crippen molar-refractivity contribution in [2.45, 2.75) is 30.2 Å². The van der Waals surface area contributed by atoms with Gasteiger partial charge < -0.3 is 13.6 Å². The SMILES string of the molecule is COc1cc(CCC(C)[SiH](OC)OC)ccc1-c1ccccc1S(=O)(=O)O. The lowest BCUT2D eigenvalue weighted by Gasteiger charge is -2.19. The fraction of sp³-hybridized carbons (Fsp3) is 0.368. The second kappa shape index (κ2) is 9.47. The quantitative estimate of drug-likeness (QED) is 0.504. The van der Waals surface area contributed by atoms with Gasteiger partial charge >= 0.3 is 9.28 Å². The molecule has 0 amide bonds. The summed E-state index contributed by atoms with van der Waals surface area (Å²) in [6, 6.07) is 12.0. The molecule has 0 aliphatic heterocycles. The van der Waals surface area contributed by atoms with Crippen molar-refractivity contribution >= 4 is 19.4 Å². The highest BCUT2D eigenvalue weighted by molar-refractivity contribution is 7.86. The molecule has 0 aromatic heterocycles. The summed E-state index contributed by atoms with van der Waals surface area (Å²) in [5.41, 5.74) is 2.45. The van der Waals surface area contributed by atoms with Gasteiger partial charge in [0.05, 0.1) is 7.11 Å². The Morgan fingerprint density at radius 2 is 1.70 bits per heavy atom.